The third-order valence-electron chi connectivity index (χ3n) is 3.10. The number of amides is 1. The third kappa shape index (κ3) is 2.94. The third-order valence-corrected chi connectivity index (χ3v) is 3.10. The molecule has 1 fully saturated rings. The van der Waals surface area contributed by atoms with Crippen molar-refractivity contribution in [2.45, 2.75) is 19.4 Å². The van der Waals surface area contributed by atoms with Crippen molar-refractivity contribution in [2.75, 3.05) is 18.9 Å². The lowest BCUT2D eigenvalue weighted by Gasteiger charge is -2.14. The highest BCUT2D eigenvalue weighted by Crippen LogP contribution is 2.19. The summed E-state index contributed by atoms with van der Waals surface area (Å²) in [5.41, 5.74) is 6.07. The first-order chi connectivity index (χ1) is 8.16. The second kappa shape index (κ2) is 5.14. The van der Waals surface area contributed by atoms with E-state index < -0.39 is 0 Å². The molecule has 2 unspecified atom stereocenters. The number of rotatable bonds is 3. The zero-order valence-corrected chi connectivity index (χ0v) is 9.85. The van der Waals surface area contributed by atoms with Gasteiger partial charge in [0.2, 0.25) is 0 Å². The number of carbonyl (C=O) groups is 1. The van der Waals surface area contributed by atoms with Crippen molar-refractivity contribution in [2.24, 2.45) is 5.92 Å². The van der Waals surface area contributed by atoms with Crippen LogP contribution in [0.2, 0.25) is 0 Å². The Morgan fingerprint density at radius 1 is 1.71 bits per heavy atom. The van der Waals surface area contributed by atoms with E-state index in [0.717, 1.165) is 13.0 Å². The van der Waals surface area contributed by atoms with Crippen molar-refractivity contribution in [3.05, 3.63) is 23.9 Å². The van der Waals surface area contributed by atoms with E-state index in [1.165, 1.54) is 6.20 Å². The average molecular weight is 235 g/mol. The number of nitrogens with one attached hydrogen (secondary N) is 1. The summed E-state index contributed by atoms with van der Waals surface area (Å²) in [6.07, 6.45) is 2.75. The summed E-state index contributed by atoms with van der Waals surface area (Å²) in [5.74, 6) is 0.645. The van der Waals surface area contributed by atoms with Crippen LogP contribution in [0, 0.1) is 5.92 Å². The van der Waals surface area contributed by atoms with Crippen LogP contribution in [0.25, 0.3) is 0 Å². The van der Waals surface area contributed by atoms with E-state index in [2.05, 4.69) is 10.3 Å². The normalized spacial score (nSPS) is 23.6. The molecule has 1 saturated heterocycles. The van der Waals surface area contributed by atoms with Gasteiger partial charge < -0.3 is 15.8 Å². The number of nitrogen functional groups attached to an aromatic ring is 1. The molecular weight excluding hydrogens is 218 g/mol. The van der Waals surface area contributed by atoms with Crippen LogP contribution in [0.3, 0.4) is 0 Å². The van der Waals surface area contributed by atoms with E-state index in [0.29, 0.717) is 23.8 Å². The van der Waals surface area contributed by atoms with Crippen LogP contribution in [-0.2, 0) is 4.74 Å². The highest BCUT2D eigenvalue weighted by molar-refractivity contribution is 5.94. The van der Waals surface area contributed by atoms with Crippen LogP contribution >= 0.6 is 0 Å². The molecule has 5 heteroatoms. The summed E-state index contributed by atoms with van der Waals surface area (Å²) >= 11 is 0. The number of aromatic nitrogens is 1. The molecule has 1 aromatic rings. The molecule has 1 aromatic heterocycles. The fourth-order valence-electron chi connectivity index (χ4n) is 1.96. The zero-order chi connectivity index (χ0) is 12.3. The van der Waals surface area contributed by atoms with Crippen molar-refractivity contribution in [3.8, 4) is 0 Å². The molecule has 0 aromatic carbocycles. The van der Waals surface area contributed by atoms with E-state index >= 15 is 0 Å². The number of hydrogen-bond acceptors (Lipinski definition) is 4. The van der Waals surface area contributed by atoms with Crippen LogP contribution in [0.1, 0.15) is 23.7 Å². The zero-order valence-electron chi connectivity index (χ0n) is 9.85. The van der Waals surface area contributed by atoms with Crippen LogP contribution < -0.4 is 11.1 Å². The van der Waals surface area contributed by atoms with Gasteiger partial charge >= 0.3 is 0 Å². The summed E-state index contributed by atoms with van der Waals surface area (Å²) in [6.45, 7) is 3.46. The van der Waals surface area contributed by atoms with Crippen molar-refractivity contribution < 1.29 is 9.53 Å². The predicted octanol–water partition coefficient (Wildman–Crippen LogP) is 0.819. The number of anilines is 1. The van der Waals surface area contributed by atoms with Gasteiger partial charge in [0.1, 0.15) is 5.82 Å². The molecule has 0 aliphatic carbocycles. The van der Waals surface area contributed by atoms with Gasteiger partial charge in [-0.3, -0.25) is 4.79 Å². The molecule has 3 N–H and O–H groups in total. The maximum absolute atomic E-state index is 11.8. The van der Waals surface area contributed by atoms with E-state index in [9.17, 15) is 4.79 Å². The first kappa shape index (κ1) is 11.9. The van der Waals surface area contributed by atoms with Crippen LogP contribution in [0.15, 0.2) is 18.3 Å². The Kier molecular flexibility index (Phi) is 3.58. The lowest BCUT2D eigenvalue weighted by molar-refractivity contribution is 0.0907. The number of carbonyl (C=O) groups excluding carboxylic acids is 1. The van der Waals surface area contributed by atoms with E-state index in [4.69, 9.17) is 10.5 Å². The Labute approximate surface area is 100 Å². The van der Waals surface area contributed by atoms with E-state index in [1.807, 2.05) is 6.92 Å². The fraction of sp³-hybridized carbons (Fsp3) is 0.500. The summed E-state index contributed by atoms with van der Waals surface area (Å²) < 4.78 is 5.44. The monoisotopic (exact) mass is 235 g/mol. The largest absolute Gasteiger partial charge is 0.384 e. The minimum atomic E-state index is -0.113. The number of ether oxygens (including phenoxy) is 1. The lowest BCUT2D eigenvalue weighted by atomic mass is 10.0. The maximum Gasteiger partial charge on any atom is 0.251 e. The van der Waals surface area contributed by atoms with Gasteiger partial charge in [0.25, 0.3) is 5.91 Å². The van der Waals surface area contributed by atoms with Gasteiger partial charge in [0.15, 0.2) is 0 Å². The summed E-state index contributed by atoms with van der Waals surface area (Å²) in [7, 11) is 0. The fourth-order valence-corrected chi connectivity index (χ4v) is 1.96. The molecular formula is C12H17N3O2. The molecule has 2 atom stereocenters. The topological polar surface area (TPSA) is 77.2 Å². The van der Waals surface area contributed by atoms with Crippen molar-refractivity contribution in [1.82, 2.24) is 10.3 Å². The minimum Gasteiger partial charge on any atom is -0.384 e. The van der Waals surface area contributed by atoms with Crippen LogP contribution in [0.4, 0.5) is 5.82 Å². The second-order valence-corrected chi connectivity index (χ2v) is 4.30. The molecule has 0 bridgehead atoms. The first-order valence-corrected chi connectivity index (χ1v) is 5.78. The van der Waals surface area contributed by atoms with E-state index in [-0.39, 0.29) is 12.0 Å². The van der Waals surface area contributed by atoms with E-state index in [1.54, 1.807) is 12.1 Å². The molecule has 1 aliphatic heterocycles. The Morgan fingerprint density at radius 3 is 3.18 bits per heavy atom. The van der Waals surface area contributed by atoms with Crippen molar-refractivity contribution in [1.29, 1.82) is 0 Å². The quantitative estimate of drug-likeness (QED) is 0.813. The number of nitrogens with two attached hydrogens (primary N) is 1. The minimum absolute atomic E-state index is 0.113. The molecule has 0 spiro atoms. The molecule has 0 radical (unpaired) electrons. The molecule has 1 amide bonds. The smallest absolute Gasteiger partial charge is 0.251 e. The Morgan fingerprint density at radius 2 is 2.53 bits per heavy atom. The molecule has 17 heavy (non-hydrogen) atoms. The molecule has 2 heterocycles. The van der Waals surface area contributed by atoms with Gasteiger partial charge in [-0.2, -0.15) is 0 Å². The van der Waals surface area contributed by atoms with Crippen molar-refractivity contribution in [3.63, 3.8) is 0 Å². The highest BCUT2D eigenvalue weighted by atomic mass is 16.5. The summed E-state index contributed by atoms with van der Waals surface area (Å²) in [6, 6.07) is 3.23. The highest BCUT2D eigenvalue weighted by Gasteiger charge is 2.24. The number of hydrogen-bond donors (Lipinski definition) is 2. The van der Waals surface area contributed by atoms with Gasteiger partial charge in [0.05, 0.1) is 6.10 Å². The standard InChI is InChI=1S/C12H17N3O2/c1-8-10(3-5-17-8)7-15-12(16)9-2-4-14-11(13)6-9/h2,4,6,8,10H,3,5,7H2,1H3,(H2,13,14)(H,15,16). The Hall–Kier alpha value is -1.62. The molecule has 0 saturated carbocycles. The van der Waals surface area contributed by atoms with Gasteiger partial charge in [0, 0.05) is 30.8 Å². The number of nitrogens with zero attached hydrogens (tertiary/aromatic N) is 1. The average Bonchev–Trinajstić information content (AvgIpc) is 2.72. The summed E-state index contributed by atoms with van der Waals surface area (Å²) in [5, 5.41) is 2.90. The SMILES string of the molecule is CC1OCCC1CNC(=O)c1ccnc(N)c1. The van der Waals surface area contributed by atoms with Crippen molar-refractivity contribution >= 4 is 11.7 Å². The lowest BCUT2D eigenvalue weighted by Crippen LogP contribution is -2.32. The Balaban J connectivity index is 1.89. The maximum atomic E-state index is 11.8. The number of pyridine rings is 1. The van der Waals surface area contributed by atoms with Crippen LogP contribution in [-0.4, -0.2) is 30.1 Å². The molecule has 2 rings (SSSR count). The van der Waals surface area contributed by atoms with Crippen LogP contribution in [0.5, 0.6) is 0 Å². The van der Waals surface area contributed by atoms with Gasteiger partial charge in [-0.15, -0.1) is 0 Å². The molecule has 92 valence electrons. The summed E-state index contributed by atoms with van der Waals surface area (Å²) in [4.78, 5) is 15.7. The van der Waals surface area contributed by atoms with Gasteiger partial charge in [-0.25, -0.2) is 4.98 Å². The Bertz CT molecular complexity index is 408. The van der Waals surface area contributed by atoms with Gasteiger partial charge in [-0.05, 0) is 25.5 Å². The predicted molar refractivity (Wildman–Crippen MR) is 64.5 cm³/mol. The second-order valence-electron chi connectivity index (χ2n) is 4.30. The van der Waals surface area contributed by atoms with Gasteiger partial charge in [-0.1, -0.05) is 0 Å². The molecule has 1 aliphatic rings. The first-order valence-electron chi connectivity index (χ1n) is 5.78. The molecule has 5 nitrogen and oxygen atoms in total.